The van der Waals surface area contributed by atoms with Crippen LogP contribution < -0.4 is 5.69 Å². The predicted molar refractivity (Wildman–Crippen MR) is 75.6 cm³/mol. The highest BCUT2D eigenvalue weighted by atomic mass is 16.5. The van der Waals surface area contributed by atoms with Gasteiger partial charge in [-0.05, 0) is 12.1 Å². The van der Waals surface area contributed by atoms with E-state index in [0.29, 0.717) is 18.5 Å². The number of carbonyl (C=O) groups excluding carboxylic acids is 1. The van der Waals surface area contributed by atoms with Crippen LogP contribution in [0.4, 0.5) is 0 Å². The summed E-state index contributed by atoms with van der Waals surface area (Å²) in [5.41, 5.74) is 1.20. The summed E-state index contributed by atoms with van der Waals surface area (Å²) in [6.07, 6.45) is 0.579. The first-order valence-electron chi connectivity index (χ1n) is 6.76. The van der Waals surface area contributed by atoms with Crippen LogP contribution in [-0.4, -0.2) is 53.3 Å². The minimum absolute atomic E-state index is 0.269. The molecule has 1 aromatic heterocycles. The number of hydrogen-bond acceptors (Lipinski definition) is 4. The van der Waals surface area contributed by atoms with Gasteiger partial charge in [0.2, 0.25) is 6.41 Å². The van der Waals surface area contributed by atoms with E-state index in [1.54, 1.807) is 10.6 Å². The maximum atomic E-state index is 12.2. The normalized spacial score (nSPS) is 16.6. The van der Waals surface area contributed by atoms with Crippen LogP contribution in [0.1, 0.15) is 0 Å². The molecule has 20 heavy (non-hydrogen) atoms. The van der Waals surface area contributed by atoms with Crippen LogP contribution in [0, 0.1) is 0 Å². The Morgan fingerprint density at radius 3 is 2.50 bits per heavy atom. The number of nitrogens with zero attached hydrogens (tertiary/aromatic N) is 3. The third kappa shape index (κ3) is 2.28. The number of hydrogen-bond donors (Lipinski definition) is 0. The molecule has 1 saturated heterocycles. The lowest BCUT2D eigenvalue weighted by molar-refractivity contribution is 0.0364. The summed E-state index contributed by atoms with van der Waals surface area (Å²) in [4.78, 5) is 25.6. The van der Waals surface area contributed by atoms with Crippen LogP contribution in [-0.2, 0) is 16.1 Å². The van der Waals surface area contributed by atoms with Crippen molar-refractivity contribution in [2.75, 3.05) is 32.8 Å². The molecule has 3 rings (SSSR count). The van der Waals surface area contributed by atoms with Gasteiger partial charge in [0, 0.05) is 26.2 Å². The first kappa shape index (κ1) is 13.1. The molecular formula is C14H17N3O3. The third-order valence-electron chi connectivity index (χ3n) is 3.72. The lowest BCUT2D eigenvalue weighted by Crippen LogP contribution is -2.39. The second-order valence-corrected chi connectivity index (χ2v) is 4.85. The van der Waals surface area contributed by atoms with Gasteiger partial charge in [0.05, 0.1) is 24.2 Å². The summed E-state index contributed by atoms with van der Waals surface area (Å²) >= 11 is 0. The van der Waals surface area contributed by atoms with E-state index in [4.69, 9.17) is 4.74 Å². The van der Waals surface area contributed by atoms with Gasteiger partial charge in [0.25, 0.3) is 0 Å². The monoisotopic (exact) mass is 275 g/mol. The number of imidazole rings is 1. The van der Waals surface area contributed by atoms with Crippen molar-refractivity contribution in [3.8, 4) is 0 Å². The molecule has 2 aromatic rings. The molecule has 2 heterocycles. The number of fused-ring (bicyclic) bond motifs is 1. The number of benzene rings is 1. The minimum Gasteiger partial charge on any atom is -0.379 e. The van der Waals surface area contributed by atoms with Gasteiger partial charge in [0.15, 0.2) is 0 Å². The quantitative estimate of drug-likeness (QED) is 0.747. The van der Waals surface area contributed by atoms with E-state index in [-0.39, 0.29) is 5.69 Å². The van der Waals surface area contributed by atoms with Crippen LogP contribution >= 0.6 is 0 Å². The highest BCUT2D eigenvalue weighted by Gasteiger charge is 2.14. The number of ether oxygens (including phenoxy) is 1. The van der Waals surface area contributed by atoms with Gasteiger partial charge >= 0.3 is 5.69 Å². The molecule has 0 aliphatic carbocycles. The highest BCUT2D eigenvalue weighted by molar-refractivity contribution is 5.81. The molecule has 6 nitrogen and oxygen atoms in total. The molecule has 0 unspecified atom stereocenters. The Balaban J connectivity index is 1.89. The zero-order valence-corrected chi connectivity index (χ0v) is 11.2. The van der Waals surface area contributed by atoms with Crippen LogP contribution in [0.3, 0.4) is 0 Å². The van der Waals surface area contributed by atoms with E-state index in [1.165, 1.54) is 0 Å². The summed E-state index contributed by atoms with van der Waals surface area (Å²) < 4.78 is 8.13. The first-order valence-corrected chi connectivity index (χ1v) is 6.76. The molecule has 0 atom stereocenters. The molecular weight excluding hydrogens is 258 g/mol. The minimum atomic E-state index is -0.269. The fourth-order valence-electron chi connectivity index (χ4n) is 2.62. The predicted octanol–water partition coefficient (Wildman–Crippen LogP) is 0.174. The average molecular weight is 275 g/mol. The number of aromatic nitrogens is 2. The van der Waals surface area contributed by atoms with Crippen molar-refractivity contribution < 1.29 is 9.53 Å². The average Bonchev–Trinajstić information content (AvgIpc) is 2.77. The summed E-state index contributed by atoms with van der Waals surface area (Å²) in [5.74, 6) is 0. The Kier molecular flexibility index (Phi) is 3.66. The molecule has 1 fully saturated rings. The zero-order valence-electron chi connectivity index (χ0n) is 11.2. The number of morpholine rings is 1. The molecule has 0 amide bonds. The van der Waals surface area contributed by atoms with Gasteiger partial charge in [-0.15, -0.1) is 0 Å². The second kappa shape index (κ2) is 5.60. The Morgan fingerprint density at radius 2 is 1.80 bits per heavy atom. The lowest BCUT2D eigenvalue weighted by Gasteiger charge is -2.26. The summed E-state index contributed by atoms with van der Waals surface area (Å²) in [7, 11) is 0. The van der Waals surface area contributed by atoms with Gasteiger partial charge in [0.1, 0.15) is 0 Å². The fourth-order valence-corrected chi connectivity index (χ4v) is 2.62. The van der Waals surface area contributed by atoms with E-state index >= 15 is 0 Å². The summed E-state index contributed by atoms with van der Waals surface area (Å²) in [5, 5.41) is 0. The zero-order chi connectivity index (χ0) is 13.9. The Bertz CT molecular complexity index is 668. The smallest absolute Gasteiger partial charge is 0.335 e. The van der Waals surface area contributed by atoms with Gasteiger partial charge in [-0.1, -0.05) is 12.1 Å². The molecule has 6 heteroatoms. The summed E-state index contributed by atoms with van der Waals surface area (Å²) in [6, 6.07) is 7.36. The molecule has 0 spiro atoms. The lowest BCUT2D eigenvalue weighted by atomic mass is 10.3. The molecule has 106 valence electrons. The van der Waals surface area contributed by atoms with Crippen LogP contribution in [0.5, 0.6) is 0 Å². The third-order valence-corrected chi connectivity index (χ3v) is 3.72. The first-order chi connectivity index (χ1) is 9.81. The van der Waals surface area contributed by atoms with Crippen molar-refractivity contribution in [3.05, 3.63) is 34.7 Å². The Labute approximate surface area is 116 Å². The SMILES string of the molecule is O=Cn1c(=O)n(CCN2CCOCC2)c2ccccc21. The van der Waals surface area contributed by atoms with Crippen molar-refractivity contribution in [1.82, 2.24) is 14.0 Å². The topological polar surface area (TPSA) is 56.5 Å². The Hall–Kier alpha value is -1.92. The highest BCUT2D eigenvalue weighted by Crippen LogP contribution is 2.11. The maximum absolute atomic E-state index is 12.2. The molecule has 0 radical (unpaired) electrons. The molecule has 1 aliphatic rings. The molecule has 1 aliphatic heterocycles. The fraction of sp³-hybridized carbons (Fsp3) is 0.429. The van der Waals surface area contributed by atoms with E-state index < -0.39 is 0 Å². The van der Waals surface area contributed by atoms with Crippen molar-refractivity contribution in [2.45, 2.75) is 6.54 Å². The standard InChI is InChI=1S/C14H17N3O3/c18-11-17-13-4-2-1-3-12(13)16(14(17)19)6-5-15-7-9-20-10-8-15/h1-4,11H,5-10H2. The van der Waals surface area contributed by atoms with Crippen LogP contribution in [0.2, 0.25) is 0 Å². The van der Waals surface area contributed by atoms with Gasteiger partial charge in [-0.25, -0.2) is 9.36 Å². The van der Waals surface area contributed by atoms with Crippen molar-refractivity contribution in [3.63, 3.8) is 0 Å². The molecule has 0 bridgehead atoms. The van der Waals surface area contributed by atoms with E-state index in [2.05, 4.69) is 4.90 Å². The number of rotatable bonds is 4. The van der Waals surface area contributed by atoms with Crippen molar-refractivity contribution in [2.24, 2.45) is 0 Å². The van der Waals surface area contributed by atoms with Crippen molar-refractivity contribution in [1.29, 1.82) is 0 Å². The van der Waals surface area contributed by atoms with Crippen LogP contribution in [0.25, 0.3) is 11.0 Å². The van der Waals surface area contributed by atoms with Crippen molar-refractivity contribution >= 4 is 17.4 Å². The second-order valence-electron chi connectivity index (χ2n) is 4.85. The molecule has 0 N–H and O–H groups in total. The molecule has 1 aromatic carbocycles. The van der Waals surface area contributed by atoms with Gasteiger partial charge < -0.3 is 4.74 Å². The molecule has 0 saturated carbocycles. The van der Waals surface area contributed by atoms with Gasteiger partial charge in [-0.3, -0.25) is 14.3 Å². The largest absolute Gasteiger partial charge is 0.379 e. The number of carbonyl (C=O) groups is 1. The van der Waals surface area contributed by atoms with Crippen LogP contribution in [0.15, 0.2) is 29.1 Å². The maximum Gasteiger partial charge on any atom is 0.335 e. The Morgan fingerprint density at radius 1 is 1.10 bits per heavy atom. The summed E-state index contributed by atoms with van der Waals surface area (Å²) in [6.45, 7) is 4.63. The van der Waals surface area contributed by atoms with Gasteiger partial charge in [-0.2, -0.15) is 0 Å². The van der Waals surface area contributed by atoms with E-state index in [0.717, 1.165) is 42.9 Å². The van der Waals surface area contributed by atoms with E-state index in [9.17, 15) is 9.59 Å². The number of para-hydroxylation sites is 2. The van der Waals surface area contributed by atoms with E-state index in [1.807, 2.05) is 18.2 Å².